The minimum Gasteiger partial charge on any atom is -0.310 e. The van der Waals surface area contributed by atoms with Crippen LogP contribution in [0.1, 0.15) is 24.0 Å². The maximum atomic E-state index is 14.0. The van der Waals surface area contributed by atoms with E-state index >= 15 is 0 Å². The molecule has 3 rings (SSSR count). The molecule has 1 aromatic heterocycles. The van der Waals surface area contributed by atoms with Crippen molar-refractivity contribution in [3.05, 3.63) is 47.5 Å². The smallest absolute Gasteiger partial charge is 0.192 e. The van der Waals surface area contributed by atoms with Crippen LogP contribution in [-0.2, 0) is 6.54 Å². The van der Waals surface area contributed by atoms with Gasteiger partial charge in [-0.05, 0) is 49.2 Å². The Labute approximate surface area is 122 Å². The van der Waals surface area contributed by atoms with E-state index in [0.717, 1.165) is 10.5 Å². The molecule has 1 aromatic carbocycles. The standard InChI is InChI=1S/C15H16FN3S/c1-10-7-18-15(19-8-10)20-14-4-2-3-13(16)12(14)9-17-11-5-6-11/h2-4,7-8,11,17H,5-6,9H2,1H3. The molecule has 0 bridgehead atoms. The fourth-order valence-electron chi connectivity index (χ4n) is 1.87. The number of rotatable bonds is 5. The zero-order chi connectivity index (χ0) is 13.9. The summed E-state index contributed by atoms with van der Waals surface area (Å²) >= 11 is 1.41. The number of nitrogens with one attached hydrogen (secondary N) is 1. The van der Waals surface area contributed by atoms with Crippen molar-refractivity contribution in [1.29, 1.82) is 0 Å². The molecule has 0 unspecified atom stereocenters. The average Bonchev–Trinajstić information content (AvgIpc) is 3.25. The van der Waals surface area contributed by atoms with Gasteiger partial charge in [0.1, 0.15) is 5.82 Å². The molecule has 1 heterocycles. The number of aromatic nitrogens is 2. The van der Waals surface area contributed by atoms with Crippen molar-refractivity contribution in [2.75, 3.05) is 0 Å². The fourth-order valence-corrected chi connectivity index (χ4v) is 2.72. The normalized spacial score (nSPS) is 14.5. The summed E-state index contributed by atoms with van der Waals surface area (Å²) < 4.78 is 14.0. The predicted octanol–water partition coefficient (Wildman–Crippen LogP) is 3.33. The Morgan fingerprint density at radius 2 is 2.05 bits per heavy atom. The summed E-state index contributed by atoms with van der Waals surface area (Å²) in [4.78, 5) is 9.40. The van der Waals surface area contributed by atoms with Crippen LogP contribution in [0.25, 0.3) is 0 Å². The number of halogens is 1. The van der Waals surface area contributed by atoms with Gasteiger partial charge in [-0.3, -0.25) is 0 Å². The molecule has 20 heavy (non-hydrogen) atoms. The highest BCUT2D eigenvalue weighted by molar-refractivity contribution is 7.99. The lowest BCUT2D eigenvalue weighted by Gasteiger charge is -2.10. The third-order valence-corrected chi connectivity index (χ3v) is 4.18. The molecule has 0 amide bonds. The van der Waals surface area contributed by atoms with Gasteiger partial charge >= 0.3 is 0 Å². The predicted molar refractivity (Wildman–Crippen MR) is 77.2 cm³/mol. The topological polar surface area (TPSA) is 37.8 Å². The lowest BCUT2D eigenvalue weighted by Crippen LogP contribution is -2.16. The van der Waals surface area contributed by atoms with E-state index in [1.54, 1.807) is 18.5 Å². The summed E-state index contributed by atoms with van der Waals surface area (Å²) in [5, 5.41) is 4.00. The third-order valence-electron chi connectivity index (χ3n) is 3.18. The second-order valence-corrected chi connectivity index (χ2v) is 6.03. The summed E-state index contributed by atoms with van der Waals surface area (Å²) in [7, 11) is 0. The molecule has 104 valence electrons. The summed E-state index contributed by atoms with van der Waals surface area (Å²) in [5.41, 5.74) is 1.72. The molecule has 1 aliphatic carbocycles. The van der Waals surface area contributed by atoms with Gasteiger partial charge in [-0.2, -0.15) is 0 Å². The Hall–Kier alpha value is -1.46. The summed E-state index contributed by atoms with van der Waals surface area (Å²) in [6.45, 7) is 2.51. The quantitative estimate of drug-likeness (QED) is 0.857. The van der Waals surface area contributed by atoms with Crippen LogP contribution in [0.5, 0.6) is 0 Å². The van der Waals surface area contributed by atoms with Gasteiger partial charge in [0.2, 0.25) is 0 Å². The molecule has 1 N–H and O–H groups in total. The van der Waals surface area contributed by atoms with E-state index in [4.69, 9.17) is 0 Å². The van der Waals surface area contributed by atoms with Crippen molar-refractivity contribution >= 4 is 11.8 Å². The minimum absolute atomic E-state index is 0.171. The average molecular weight is 289 g/mol. The first-order valence-electron chi connectivity index (χ1n) is 6.69. The van der Waals surface area contributed by atoms with E-state index in [1.807, 2.05) is 13.0 Å². The van der Waals surface area contributed by atoms with Crippen molar-refractivity contribution in [3.8, 4) is 0 Å². The highest BCUT2D eigenvalue weighted by atomic mass is 32.2. The number of benzene rings is 1. The van der Waals surface area contributed by atoms with Gasteiger partial charge in [-0.25, -0.2) is 14.4 Å². The molecular weight excluding hydrogens is 273 g/mol. The molecule has 0 spiro atoms. The molecule has 5 heteroatoms. The van der Waals surface area contributed by atoms with Gasteiger partial charge in [0, 0.05) is 35.4 Å². The molecule has 1 aliphatic rings. The molecule has 0 radical (unpaired) electrons. The van der Waals surface area contributed by atoms with Crippen molar-refractivity contribution in [3.63, 3.8) is 0 Å². The number of nitrogens with zero attached hydrogens (tertiary/aromatic N) is 2. The van der Waals surface area contributed by atoms with E-state index in [0.29, 0.717) is 23.3 Å². The number of hydrogen-bond donors (Lipinski definition) is 1. The Morgan fingerprint density at radius 3 is 2.75 bits per heavy atom. The van der Waals surface area contributed by atoms with Gasteiger partial charge in [0.25, 0.3) is 0 Å². The van der Waals surface area contributed by atoms with Gasteiger partial charge in [-0.15, -0.1) is 0 Å². The van der Waals surface area contributed by atoms with Gasteiger partial charge in [0.15, 0.2) is 5.16 Å². The van der Waals surface area contributed by atoms with Crippen molar-refractivity contribution in [2.45, 2.75) is 42.4 Å². The fraction of sp³-hybridized carbons (Fsp3) is 0.333. The monoisotopic (exact) mass is 289 g/mol. The maximum Gasteiger partial charge on any atom is 0.192 e. The van der Waals surface area contributed by atoms with Crippen LogP contribution < -0.4 is 5.32 Å². The van der Waals surface area contributed by atoms with E-state index in [-0.39, 0.29) is 5.82 Å². The zero-order valence-electron chi connectivity index (χ0n) is 11.3. The van der Waals surface area contributed by atoms with Crippen LogP contribution in [0.2, 0.25) is 0 Å². The van der Waals surface area contributed by atoms with Gasteiger partial charge in [0.05, 0.1) is 0 Å². The SMILES string of the molecule is Cc1cnc(Sc2cccc(F)c2CNC2CC2)nc1. The van der Waals surface area contributed by atoms with Gasteiger partial charge < -0.3 is 5.32 Å². The van der Waals surface area contributed by atoms with Crippen LogP contribution >= 0.6 is 11.8 Å². The Morgan fingerprint density at radius 1 is 1.30 bits per heavy atom. The molecule has 0 aliphatic heterocycles. The molecule has 0 saturated heterocycles. The first-order valence-corrected chi connectivity index (χ1v) is 7.51. The van der Waals surface area contributed by atoms with Crippen LogP contribution in [0.3, 0.4) is 0 Å². The van der Waals surface area contributed by atoms with E-state index < -0.39 is 0 Å². The summed E-state index contributed by atoms with van der Waals surface area (Å²) in [6, 6.07) is 5.71. The van der Waals surface area contributed by atoms with E-state index in [9.17, 15) is 4.39 Å². The maximum absolute atomic E-state index is 14.0. The Kier molecular flexibility index (Phi) is 3.98. The molecule has 1 fully saturated rings. The first kappa shape index (κ1) is 13.5. The lowest BCUT2D eigenvalue weighted by molar-refractivity contribution is 0.579. The zero-order valence-corrected chi connectivity index (χ0v) is 12.1. The second kappa shape index (κ2) is 5.89. The molecular formula is C15H16FN3S. The van der Waals surface area contributed by atoms with Crippen LogP contribution in [0.4, 0.5) is 4.39 Å². The van der Waals surface area contributed by atoms with Crippen molar-refractivity contribution in [1.82, 2.24) is 15.3 Å². The highest BCUT2D eigenvalue weighted by Gasteiger charge is 2.21. The van der Waals surface area contributed by atoms with Crippen LogP contribution in [0.15, 0.2) is 40.6 Å². The van der Waals surface area contributed by atoms with E-state index in [1.165, 1.54) is 30.7 Å². The summed E-state index contributed by atoms with van der Waals surface area (Å²) in [6.07, 6.45) is 5.93. The third kappa shape index (κ3) is 3.35. The summed E-state index contributed by atoms with van der Waals surface area (Å²) in [5.74, 6) is -0.171. The van der Waals surface area contributed by atoms with Gasteiger partial charge in [-0.1, -0.05) is 6.07 Å². The molecule has 2 aromatic rings. The highest BCUT2D eigenvalue weighted by Crippen LogP contribution is 2.30. The van der Waals surface area contributed by atoms with Crippen LogP contribution in [-0.4, -0.2) is 16.0 Å². The molecule has 3 nitrogen and oxygen atoms in total. The molecule has 0 atom stereocenters. The minimum atomic E-state index is -0.171. The van der Waals surface area contributed by atoms with Crippen LogP contribution in [0, 0.1) is 12.7 Å². The van der Waals surface area contributed by atoms with Crippen molar-refractivity contribution in [2.24, 2.45) is 0 Å². The molecule has 1 saturated carbocycles. The Bertz CT molecular complexity index is 597. The van der Waals surface area contributed by atoms with E-state index in [2.05, 4.69) is 15.3 Å². The lowest BCUT2D eigenvalue weighted by atomic mass is 10.2. The first-order chi connectivity index (χ1) is 9.72. The Balaban J connectivity index is 1.80. The second-order valence-electron chi connectivity index (χ2n) is 5.02. The number of hydrogen-bond acceptors (Lipinski definition) is 4. The van der Waals surface area contributed by atoms with Crippen molar-refractivity contribution < 1.29 is 4.39 Å². The largest absolute Gasteiger partial charge is 0.310 e. The number of aryl methyl sites for hydroxylation is 1.